The van der Waals surface area contributed by atoms with Crippen molar-refractivity contribution in [3.8, 4) is 0 Å². The highest BCUT2D eigenvalue weighted by Gasteiger charge is 2.55. The summed E-state index contributed by atoms with van der Waals surface area (Å²) in [5.74, 6) is -1.65. The maximum Gasteiger partial charge on any atom is 0.408 e. The summed E-state index contributed by atoms with van der Waals surface area (Å²) in [7, 11) is 1.36. The first-order valence-electron chi connectivity index (χ1n) is 11.0. The van der Waals surface area contributed by atoms with Gasteiger partial charge in [-0.15, -0.1) is 11.8 Å². The molecule has 1 fully saturated rings. The molecule has 37 heavy (non-hydrogen) atoms. The first-order chi connectivity index (χ1) is 17.2. The molecule has 14 heteroatoms. The average Bonchev–Trinajstić information content (AvgIpc) is 2.82. The summed E-state index contributed by atoms with van der Waals surface area (Å²) in [6.45, 7) is 4.56. The quantitative estimate of drug-likeness (QED) is 0.280. The number of methoxy groups -OCH3 is 1. The minimum absolute atomic E-state index is 0.123. The van der Waals surface area contributed by atoms with E-state index in [1.165, 1.54) is 23.8 Å². The number of thioether (sulfide) groups is 1. The van der Waals surface area contributed by atoms with Gasteiger partial charge in [-0.2, -0.15) is 0 Å². The third-order valence-electron chi connectivity index (χ3n) is 5.09. The molecule has 2 aliphatic rings. The number of amides is 3. The van der Waals surface area contributed by atoms with E-state index in [0.717, 1.165) is 0 Å². The van der Waals surface area contributed by atoms with Gasteiger partial charge in [-0.05, 0) is 26.3 Å². The summed E-state index contributed by atoms with van der Waals surface area (Å²) in [6.07, 6.45) is -0.795. The van der Waals surface area contributed by atoms with Gasteiger partial charge in [0, 0.05) is 0 Å². The number of nitrogens with zero attached hydrogens (tertiary/aromatic N) is 1. The van der Waals surface area contributed by atoms with Gasteiger partial charge in [-0.3, -0.25) is 14.5 Å². The van der Waals surface area contributed by atoms with Crippen molar-refractivity contribution in [1.29, 1.82) is 0 Å². The number of hydrogen-bond donors (Lipinski definition) is 2. The minimum Gasteiger partial charge on any atom is -0.498 e. The number of carbonyl (C=O) groups is 4. The Balaban J connectivity index is 1.76. The molecule has 0 aromatic heterocycles. The second-order valence-electron chi connectivity index (χ2n) is 9.05. The number of rotatable bonds is 7. The normalized spacial score (nSPS) is 20.3. The Morgan fingerprint density at radius 3 is 2.38 bits per heavy atom. The zero-order valence-corrected chi connectivity index (χ0v) is 23.5. The Kier molecular flexibility index (Phi) is 9.15. The monoisotopic (exact) mass is 593 g/mol. The van der Waals surface area contributed by atoms with Gasteiger partial charge in [0.05, 0.1) is 12.9 Å². The molecule has 1 unspecified atom stereocenters. The van der Waals surface area contributed by atoms with E-state index in [1.54, 1.807) is 51.1 Å². The molecule has 2 N–H and O–H groups in total. The van der Waals surface area contributed by atoms with Gasteiger partial charge in [0.2, 0.25) is 9.70 Å². The summed E-state index contributed by atoms with van der Waals surface area (Å²) in [5.41, 5.74) is -0.414. The van der Waals surface area contributed by atoms with Gasteiger partial charge in [-0.25, -0.2) is 9.59 Å². The maximum atomic E-state index is 13.3. The molecule has 0 aliphatic carbocycles. The molecular weight excluding hydrogens is 569 g/mol. The Labute approximate surface area is 233 Å². The van der Waals surface area contributed by atoms with Crippen molar-refractivity contribution >= 4 is 70.4 Å². The number of nitrogens with one attached hydrogen (secondary N) is 2. The number of alkyl halides is 3. The Bertz CT molecular complexity index is 1090. The highest BCUT2D eigenvalue weighted by Crippen LogP contribution is 2.41. The van der Waals surface area contributed by atoms with Crippen molar-refractivity contribution in [3.63, 3.8) is 0 Å². The lowest BCUT2D eigenvalue weighted by molar-refractivity contribution is -0.153. The number of esters is 1. The summed E-state index contributed by atoms with van der Waals surface area (Å²) in [5, 5.41) is 4.62. The van der Waals surface area contributed by atoms with E-state index in [1.807, 2.05) is 0 Å². The first-order valence-corrected chi connectivity index (χ1v) is 13.2. The highest BCUT2D eigenvalue weighted by molar-refractivity contribution is 8.00. The van der Waals surface area contributed by atoms with Crippen LogP contribution in [0.5, 0.6) is 0 Å². The number of carbonyl (C=O) groups excluding carboxylic acids is 4. The van der Waals surface area contributed by atoms with E-state index in [2.05, 4.69) is 10.6 Å². The number of ether oxygens (including phenoxy) is 3. The van der Waals surface area contributed by atoms with Crippen LogP contribution in [0.25, 0.3) is 0 Å². The number of halogens is 3. The molecule has 0 saturated carbocycles. The fraction of sp³-hybridized carbons (Fsp3) is 0.478. The molecule has 2 heterocycles. The zero-order chi connectivity index (χ0) is 27.5. The van der Waals surface area contributed by atoms with E-state index in [-0.39, 0.29) is 17.2 Å². The number of alkyl carbamates (subject to hydrolysis) is 1. The number of fused-ring (bicyclic) bond motifs is 1. The van der Waals surface area contributed by atoms with E-state index in [0.29, 0.717) is 5.56 Å². The molecule has 1 saturated heterocycles. The van der Waals surface area contributed by atoms with Crippen LogP contribution in [-0.2, 0) is 28.6 Å². The van der Waals surface area contributed by atoms with E-state index < -0.39 is 57.3 Å². The summed E-state index contributed by atoms with van der Waals surface area (Å²) < 4.78 is 13.8. The SMILES string of the molecule is COC1=C(C(=O)OCC(Cl)(Cl)Cl)N2C(=O)[C@@H](NC(=O)C(NC(=O)OC(C)(C)C)c3ccccc3)[C@@H]2SC1. The second-order valence-corrected chi connectivity index (χ2v) is 12.7. The lowest BCUT2D eigenvalue weighted by atomic mass is 10.0. The number of β-lactam (4-membered cyclic amide) rings is 1. The van der Waals surface area contributed by atoms with Crippen LogP contribution >= 0.6 is 46.6 Å². The lowest BCUT2D eigenvalue weighted by Crippen LogP contribution is -2.71. The Morgan fingerprint density at radius 1 is 1.16 bits per heavy atom. The Hall–Kier alpha value is -2.34. The predicted octanol–water partition coefficient (Wildman–Crippen LogP) is 3.42. The van der Waals surface area contributed by atoms with Crippen LogP contribution in [0.1, 0.15) is 32.4 Å². The molecule has 1 aromatic carbocycles. The molecule has 10 nitrogen and oxygen atoms in total. The van der Waals surface area contributed by atoms with Gasteiger partial charge in [0.15, 0.2) is 5.70 Å². The fourth-order valence-corrected chi connectivity index (χ4v) is 5.04. The standard InChI is InChI=1S/C23H26Cl3N3O7S/c1-22(2,3)36-21(33)28-14(12-8-6-5-7-9-12)17(30)27-15-18(31)29-16(13(34-4)10-37-19(15)29)20(32)35-11-23(24,25)26/h5-9,14-15,19H,10-11H2,1-4H3,(H,27,30)(H,28,33)/t14?,15-,19+/m1/s1. The second kappa shape index (κ2) is 11.6. The smallest absolute Gasteiger partial charge is 0.408 e. The molecular formula is C23H26Cl3N3O7S. The van der Waals surface area contributed by atoms with E-state index in [9.17, 15) is 19.2 Å². The first kappa shape index (κ1) is 29.2. The maximum absolute atomic E-state index is 13.3. The number of benzene rings is 1. The molecule has 0 spiro atoms. The largest absolute Gasteiger partial charge is 0.498 e. The van der Waals surface area contributed by atoms with Crippen LogP contribution in [0.15, 0.2) is 41.8 Å². The third kappa shape index (κ3) is 7.37. The van der Waals surface area contributed by atoms with Crippen molar-refractivity contribution in [2.24, 2.45) is 0 Å². The van der Waals surface area contributed by atoms with Crippen molar-refractivity contribution < 1.29 is 33.4 Å². The molecule has 0 bridgehead atoms. The van der Waals surface area contributed by atoms with Gasteiger partial charge in [-0.1, -0.05) is 65.1 Å². The molecule has 3 atom stereocenters. The number of hydrogen-bond acceptors (Lipinski definition) is 8. The molecule has 1 aromatic rings. The van der Waals surface area contributed by atoms with Gasteiger partial charge >= 0.3 is 12.1 Å². The average molecular weight is 595 g/mol. The Morgan fingerprint density at radius 2 is 1.81 bits per heavy atom. The minimum atomic E-state index is -1.84. The molecule has 3 rings (SSSR count). The van der Waals surface area contributed by atoms with Gasteiger partial charge in [0.1, 0.15) is 35.4 Å². The molecule has 202 valence electrons. The van der Waals surface area contributed by atoms with Crippen LogP contribution in [0.3, 0.4) is 0 Å². The lowest BCUT2D eigenvalue weighted by Gasteiger charge is -2.49. The van der Waals surface area contributed by atoms with Crippen LogP contribution in [0.2, 0.25) is 0 Å². The molecule has 3 amide bonds. The van der Waals surface area contributed by atoms with Crippen molar-refractivity contribution in [2.45, 2.75) is 47.6 Å². The third-order valence-corrected chi connectivity index (χ3v) is 6.67. The van der Waals surface area contributed by atoms with Gasteiger partial charge < -0.3 is 24.8 Å². The summed E-state index contributed by atoms with van der Waals surface area (Å²) >= 11 is 18.3. The van der Waals surface area contributed by atoms with Crippen LogP contribution in [-0.4, -0.2) is 69.1 Å². The molecule has 0 radical (unpaired) electrons. The van der Waals surface area contributed by atoms with Crippen LogP contribution < -0.4 is 10.6 Å². The topological polar surface area (TPSA) is 123 Å². The zero-order valence-electron chi connectivity index (χ0n) is 20.4. The van der Waals surface area contributed by atoms with E-state index >= 15 is 0 Å². The predicted molar refractivity (Wildman–Crippen MR) is 139 cm³/mol. The van der Waals surface area contributed by atoms with Crippen molar-refractivity contribution in [2.75, 3.05) is 19.5 Å². The van der Waals surface area contributed by atoms with Crippen molar-refractivity contribution in [3.05, 3.63) is 47.4 Å². The summed E-state index contributed by atoms with van der Waals surface area (Å²) in [6, 6.07) is 6.42. The van der Waals surface area contributed by atoms with Crippen LogP contribution in [0.4, 0.5) is 4.79 Å². The van der Waals surface area contributed by atoms with Gasteiger partial charge in [0.25, 0.3) is 5.91 Å². The van der Waals surface area contributed by atoms with Crippen molar-refractivity contribution in [1.82, 2.24) is 15.5 Å². The summed E-state index contributed by atoms with van der Waals surface area (Å²) in [4.78, 5) is 52.7. The molecule has 2 aliphatic heterocycles. The van der Waals surface area contributed by atoms with Crippen LogP contribution in [0, 0.1) is 0 Å². The van der Waals surface area contributed by atoms with E-state index in [4.69, 9.17) is 49.0 Å². The fourth-order valence-electron chi connectivity index (χ4n) is 3.56. The highest BCUT2D eigenvalue weighted by atomic mass is 35.6.